The molecule has 0 aliphatic heterocycles. The van der Waals surface area contributed by atoms with Gasteiger partial charge >= 0.3 is 5.97 Å². The van der Waals surface area contributed by atoms with E-state index in [0.29, 0.717) is 28.4 Å². The second-order valence-electron chi connectivity index (χ2n) is 5.13. The molecule has 1 aromatic carbocycles. The lowest BCUT2D eigenvalue weighted by Gasteiger charge is -2.19. The van der Waals surface area contributed by atoms with E-state index >= 15 is 0 Å². The number of methoxy groups -OCH3 is 2. The van der Waals surface area contributed by atoms with E-state index in [9.17, 15) is 9.59 Å². The van der Waals surface area contributed by atoms with Crippen LogP contribution in [0.3, 0.4) is 0 Å². The summed E-state index contributed by atoms with van der Waals surface area (Å²) in [6.07, 6.45) is 1.14. The Morgan fingerprint density at radius 3 is 2.46 bits per heavy atom. The topological polar surface area (TPSA) is 98.0 Å². The number of rotatable bonds is 7. The molecule has 0 bridgehead atoms. The minimum atomic E-state index is -1.03. The number of benzene rings is 1. The number of furan rings is 1. The van der Waals surface area contributed by atoms with Crippen molar-refractivity contribution >= 4 is 11.9 Å². The first-order valence-corrected chi connectivity index (χ1v) is 7.25. The number of hydrogen-bond acceptors (Lipinski definition) is 5. The first-order valence-electron chi connectivity index (χ1n) is 7.25. The number of carboxylic acid groups (broad SMARTS) is 1. The number of carbonyl (C=O) groups is 2. The van der Waals surface area contributed by atoms with E-state index in [2.05, 4.69) is 5.32 Å². The van der Waals surface area contributed by atoms with Gasteiger partial charge in [0.15, 0.2) is 11.5 Å². The van der Waals surface area contributed by atoms with Crippen LogP contribution in [0.2, 0.25) is 0 Å². The number of nitrogens with one attached hydrogen (secondary N) is 1. The van der Waals surface area contributed by atoms with Gasteiger partial charge in [-0.15, -0.1) is 0 Å². The number of ether oxygens (including phenoxy) is 2. The Labute approximate surface area is 139 Å². The molecule has 0 saturated heterocycles. The van der Waals surface area contributed by atoms with Crippen molar-refractivity contribution in [2.75, 3.05) is 14.2 Å². The zero-order chi connectivity index (χ0) is 17.7. The highest BCUT2D eigenvalue weighted by molar-refractivity contribution is 5.95. The summed E-state index contributed by atoms with van der Waals surface area (Å²) < 4.78 is 15.5. The van der Waals surface area contributed by atoms with Gasteiger partial charge in [-0.2, -0.15) is 0 Å². The summed E-state index contributed by atoms with van der Waals surface area (Å²) in [7, 11) is 3.00. The van der Waals surface area contributed by atoms with Crippen molar-refractivity contribution in [3.8, 4) is 11.5 Å². The van der Waals surface area contributed by atoms with E-state index in [-0.39, 0.29) is 6.42 Å². The number of carbonyl (C=O) groups excluding carboxylic acids is 1. The van der Waals surface area contributed by atoms with Crippen LogP contribution in [0.1, 0.15) is 34.1 Å². The van der Waals surface area contributed by atoms with Gasteiger partial charge in [0.05, 0.1) is 38.5 Å². The highest BCUT2D eigenvalue weighted by Gasteiger charge is 2.22. The SMILES string of the molecule is COc1ccc(C(CC(=O)O)NC(=O)c2ccoc2C)cc1OC. The van der Waals surface area contributed by atoms with Crippen molar-refractivity contribution in [3.05, 3.63) is 47.4 Å². The fourth-order valence-corrected chi connectivity index (χ4v) is 2.35. The number of amides is 1. The average Bonchev–Trinajstić information content (AvgIpc) is 2.99. The lowest BCUT2D eigenvalue weighted by Crippen LogP contribution is -2.30. The van der Waals surface area contributed by atoms with E-state index in [4.69, 9.17) is 19.0 Å². The van der Waals surface area contributed by atoms with Crippen LogP contribution in [0.15, 0.2) is 34.9 Å². The molecule has 0 fully saturated rings. The smallest absolute Gasteiger partial charge is 0.305 e. The Morgan fingerprint density at radius 1 is 1.21 bits per heavy atom. The van der Waals surface area contributed by atoms with Crippen molar-refractivity contribution in [3.63, 3.8) is 0 Å². The molecule has 7 nitrogen and oxygen atoms in total. The third-order valence-corrected chi connectivity index (χ3v) is 3.60. The van der Waals surface area contributed by atoms with Gasteiger partial charge in [-0.05, 0) is 30.7 Å². The van der Waals surface area contributed by atoms with Gasteiger partial charge in [0.25, 0.3) is 5.91 Å². The predicted octanol–water partition coefficient (Wildman–Crippen LogP) is 2.55. The maximum atomic E-state index is 12.3. The van der Waals surface area contributed by atoms with Crippen LogP contribution >= 0.6 is 0 Å². The molecule has 1 unspecified atom stereocenters. The Kier molecular flexibility index (Phi) is 5.47. The monoisotopic (exact) mass is 333 g/mol. The van der Waals surface area contributed by atoms with Gasteiger partial charge in [-0.3, -0.25) is 9.59 Å². The summed E-state index contributed by atoms with van der Waals surface area (Å²) in [6, 6.07) is 5.83. The molecule has 0 saturated carbocycles. The fraction of sp³-hybridized carbons (Fsp3) is 0.294. The molecule has 0 spiro atoms. The van der Waals surface area contributed by atoms with Crippen LogP contribution in [0.4, 0.5) is 0 Å². The minimum Gasteiger partial charge on any atom is -0.493 e. The van der Waals surface area contributed by atoms with Crippen LogP contribution in [0.5, 0.6) is 11.5 Å². The normalized spacial score (nSPS) is 11.6. The largest absolute Gasteiger partial charge is 0.493 e. The lowest BCUT2D eigenvalue weighted by atomic mass is 10.0. The highest BCUT2D eigenvalue weighted by Crippen LogP contribution is 2.31. The summed E-state index contributed by atoms with van der Waals surface area (Å²) in [5.41, 5.74) is 0.968. The third-order valence-electron chi connectivity index (χ3n) is 3.60. The van der Waals surface area contributed by atoms with Crippen molar-refractivity contribution in [1.29, 1.82) is 0 Å². The van der Waals surface area contributed by atoms with Crippen molar-refractivity contribution in [2.45, 2.75) is 19.4 Å². The average molecular weight is 333 g/mol. The van der Waals surface area contributed by atoms with Gasteiger partial charge in [0.2, 0.25) is 0 Å². The highest BCUT2D eigenvalue weighted by atomic mass is 16.5. The van der Waals surface area contributed by atoms with Crippen LogP contribution in [-0.4, -0.2) is 31.2 Å². The molecular formula is C17H19NO6. The van der Waals surface area contributed by atoms with Crippen LogP contribution in [0.25, 0.3) is 0 Å². The molecule has 1 atom stereocenters. The maximum Gasteiger partial charge on any atom is 0.305 e. The third kappa shape index (κ3) is 3.87. The van der Waals surface area contributed by atoms with E-state index in [1.54, 1.807) is 25.1 Å². The zero-order valence-electron chi connectivity index (χ0n) is 13.7. The number of aliphatic carboxylic acids is 1. The molecule has 128 valence electrons. The van der Waals surface area contributed by atoms with Crippen molar-refractivity contribution in [1.82, 2.24) is 5.32 Å². The summed E-state index contributed by atoms with van der Waals surface area (Å²) in [5, 5.41) is 11.9. The Morgan fingerprint density at radius 2 is 1.92 bits per heavy atom. The predicted molar refractivity (Wildman–Crippen MR) is 85.5 cm³/mol. The molecule has 1 heterocycles. The van der Waals surface area contributed by atoms with E-state index < -0.39 is 17.9 Å². The molecule has 2 rings (SSSR count). The summed E-state index contributed by atoms with van der Waals surface area (Å²) >= 11 is 0. The number of hydrogen-bond donors (Lipinski definition) is 2. The molecule has 2 aromatic rings. The summed E-state index contributed by atoms with van der Waals surface area (Å²) in [4.78, 5) is 23.5. The zero-order valence-corrected chi connectivity index (χ0v) is 13.7. The first-order chi connectivity index (χ1) is 11.5. The molecule has 1 amide bonds. The first kappa shape index (κ1) is 17.4. The van der Waals surface area contributed by atoms with Crippen LogP contribution < -0.4 is 14.8 Å². The van der Waals surface area contributed by atoms with Crippen LogP contribution in [-0.2, 0) is 4.79 Å². The minimum absolute atomic E-state index is 0.266. The second-order valence-corrected chi connectivity index (χ2v) is 5.13. The Bertz CT molecular complexity index is 736. The van der Waals surface area contributed by atoms with Gasteiger partial charge in [-0.25, -0.2) is 0 Å². The molecule has 24 heavy (non-hydrogen) atoms. The standard InChI is InChI=1S/C17H19NO6/c1-10-12(6-7-24-10)17(21)18-13(9-16(19)20)11-4-5-14(22-2)15(8-11)23-3/h4-8,13H,9H2,1-3H3,(H,18,21)(H,19,20). The van der Waals surface area contributed by atoms with E-state index in [0.717, 1.165) is 0 Å². The number of aryl methyl sites for hydroxylation is 1. The fourth-order valence-electron chi connectivity index (χ4n) is 2.35. The number of carboxylic acids is 1. The lowest BCUT2D eigenvalue weighted by molar-refractivity contribution is -0.137. The summed E-state index contributed by atoms with van der Waals surface area (Å²) in [5.74, 6) is 0.0154. The maximum absolute atomic E-state index is 12.3. The Hall–Kier alpha value is -2.96. The molecule has 0 aliphatic rings. The van der Waals surface area contributed by atoms with Crippen LogP contribution in [0, 0.1) is 6.92 Å². The molecule has 1 aromatic heterocycles. The molecule has 2 N–H and O–H groups in total. The van der Waals surface area contributed by atoms with Gasteiger partial charge in [0, 0.05) is 0 Å². The van der Waals surface area contributed by atoms with Gasteiger partial charge in [0.1, 0.15) is 5.76 Å². The molecule has 7 heteroatoms. The quantitative estimate of drug-likeness (QED) is 0.808. The molecule has 0 aliphatic carbocycles. The summed E-state index contributed by atoms with van der Waals surface area (Å²) in [6.45, 7) is 1.66. The van der Waals surface area contributed by atoms with E-state index in [1.165, 1.54) is 26.5 Å². The Balaban J connectivity index is 2.30. The van der Waals surface area contributed by atoms with Gasteiger partial charge < -0.3 is 24.3 Å². The van der Waals surface area contributed by atoms with Crippen molar-refractivity contribution < 1.29 is 28.6 Å². The van der Waals surface area contributed by atoms with Crippen molar-refractivity contribution in [2.24, 2.45) is 0 Å². The molecule has 0 radical (unpaired) electrons. The second kappa shape index (κ2) is 7.54. The van der Waals surface area contributed by atoms with Gasteiger partial charge in [-0.1, -0.05) is 6.07 Å². The van der Waals surface area contributed by atoms with E-state index in [1.807, 2.05) is 0 Å². The molecular weight excluding hydrogens is 314 g/mol.